The third kappa shape index (κ3) is 2.79. The summed E-state index contributed by atoms with van der Waals surface area (Å²) in [6, 6.07) is 12.5. The highest BCUT2D eigenvalue weighted by molar-refractivity contribution is 5.63. The van der Waals surface area contributed by atoms with Crippen molar-refractivity contribution >= 4 is 5.69 Å². The highest BCUT2D eigenvalue weighted by atomic mass is 15.3. The molecule has 2 aromatic rings. The van der Waals surface area contributed by atoms with Crippen LogP contribution in [0.3, 0.4) is 0 Å². The number of hydrogen-bond donors (Lipinski definition) is 0. The molecule has 108 valence electrons. The third-order valence-corrected chi connectivity index (χ3v) is 4.16. The first-order chi connectivity index (χ1) is 10.3. The van der Waals surface area contributed by atoms with Crippen LogP contribution in [0.4, 0.5) is 5.69 Å². The molecule has 0 aliphatic carbocycles. The number of hydrogen-bond acceptors (Lipinski definition) is 3. The van der Waals surface area contributed by atoms with Crippen LogP contribution in [0.25, 0.3) is 5.69 Å². The summed E-state index contributed by atoms with van der Waals surface area (Å²) in [6.07, 6.45) is 3.99. The summed E-state index contributed by atoms with van der Waals surface area (Å²) in [6.45, 7) is 7.42. The van der Waals surface area contributed by atoms with Gasteiger partial charge in [0, 0.05) is 44.3 Å². The summed E-state index contributed by atoms with van der Waals surface area (Å²) in [5, 5.41) is 9.47. The molecule has 2 heterocycles. The second kappa shape index (κ2) is 6.02. The van der Waals surface area contributed by atoms with Crippen molar-refractivity contribution in [1.82, 2.24) is 9.47 Å². The molecule has 21 heavy (non-hydrogen) atoms. The molecule has 1 fully saturated rings. The van der Waals surface area contributed by atoms with Gasteiger partial charge in [-0.05, 0) is 36.9 Å². The van der Waals surface area contributed by atoms with Crippen LogP contribution in [0.15, 0.2) is 42.7 Å². The van der Waals surface area contributed by atoms with E-state index in [-0.39, 0.29) is 0 Å². The van der Waals surface area contributed by atoms with Gasteiger partial charge in [0.2, 0.25) is 0 Å². The van der Waals surface area contributed by atoms with Crippen molar-refractivity contribution in [2.45, 2.75) is 6.92 Å². The molecule has 4 nitrogen and oxygen atoms in total. The normalized spacial score (nSPS) is 15.9. The smallest absolute Gasteiger partial charge is 0.101 e. The van der Waals surface area contributed by atoms with Crippen LogP contribution in [0.5, 0.6) is 0 Å². The number of anilines is 1. The molecule has 3 rings (SSSR count). The third-order valence-electron chi connectivity index (χ3n) is 4.16. The van der Waals surface area contributed by atoms with Crippen LogP contribution in [0.2, 0.25) is 0 Å². The van der Waals surface area contributed by atoms with Gasteiger partial charge in [0.15, 0.2) is 0 Å². The van der Waals surface area contributed by atoms with E-state index >= 15 is 0 Å². The Balaban J connectivity index is 1.85. The Morgan fingerprint density at radius 2 is 1.81 bits per heavy atom. The maximum absolute atomic E-state index is 9.47. The van der Waals surface area contributed by atoms with Gasteiger partial charge in [-0.3, -0.25) is 0 Å². The quantitative estimate of drug-likeness (QED) is 0.866. The highest BCUT2D eigenvalue weighted by Gasteiger charge is 2.18. The topological polar surface area (TPSA) is 35.2 Å². The lowest BCUT2D eigenvalue weighted by Gasteiger charge is -2.36. The van der Waals surface area contributed by atoms with Crippen LogP contribution in [-0.2, 0) is 0 Å². The highest BCUT2D eigenvalue weighted by Crippen LogP contribution is 2.24. The molecule has 0 amide bonds. The summed E-state index contributed by atoms with van der Waals surface area (Å²) < 4.78 is 2.03. The molecule has 1 saturated heterocycles. The van der Waals surface area contributed by atoms with Crippen molar-refractivity contribution in [2.24, 2.45) is 0 Å². The summed E-state index contributed by atoms with van der Waals surface area (Å²) in [7, 11) is 0. The number of likely N-dealkylation sites (N-methyl/N-ethyl adjacent to an activating group) is 1. The molecule has 0 spiro atoms. The standard InChI is InChI=1S/C17H20N4/c1-2-19-9-11-21(12-10-19)17-6-5-16(13-15(17)14-18)20-7-3-4-8-20/h3-8,13H,2,9-12H2,1H3. The van der Waals surface area contributed by atoms with Gasteiger partial charge < -0.3 is 14.4 Å². The minimum Gasteiger partial charge on any atom is -0.368 e. The van der Waals surface area contributed by atoms with E-state index in [1.807, 2.05) is 35.2 Å². The Labute approximate surface area is 125 Å². The number of piperazine rings is 1. The van der Waals surface area contributed by atoms with E-state index in [9.17, 15) is 5.26 Å². The van der Waals surface area contributed by atoms with Gasteiger partial charge >= 0.3 is 0 Å². The Hall–Kier alpha value is -2.25. The average Bonchev–Trinajstić information content (AvgIpc) is 3.09. The Kier molecular flexibility index (Phi) is 3.94. The van der Waals surface area contributed by atoms with E-state index in [4.69, 9.17) is 0 Å². The predicted molar refractivity (Wildman–Crippen MR) is 84.8 cm³/mol. The molecule has 0 radical (unpaired) electrons. The van der Waals surface area contributed by atoms with E-state index in [1.165, 1.54) is 0 Å². The van der Waals surface area contributed by atoms with Crippen LogP contribution in [-0.4, -0.2) is 42.2 Å². The van der Waals surface area contributed by atoms with Gasteiger partial charge in [-0.1, -0.05) is 6.92 Å². The van der Waals surface area contributed by atoms with Gasteiger partial charge in [0.1, 0.15) is 6.07 Å². The first kappa shape index (κ1) is 13.7. The molecule has 1 aromatic carbocycles. The summed E-state index contributed by atoms with van der Waals surface area (Å²) in [5.74, 6) is 0. The first-order valence-electron chi connectivity index (χ1n) is 7.46. The molecule has 1 aliphatic rings. The van der Waals surface area contributed by atoms with E-state index in [0.717, 1.165) is 49.7 Å². The van der Waals surface area contributed by atoms with E-state index in [2.05, 4.69) is 34.9 Å². The lowest BCUT2D eigenvalue weighted by molar-refractivity contribution is 0.271. The van der Waals surface area contributed by atoms with Gasteiger partial charge in [0.25, 0.3) is 0 Å². The monoisotopic (exact) mass is 280 g/mol. The lowest BCUT2D eigenvalue weighted by atomic mass is 10.1. The Morgan fingerprint density at radius 1 is 1.10 bits per heavy atom. The molecular formula is C17H20N4. The predicted octanol–water partition coefficient (Wildman–Crippen LogP) is 2.49. The Morgan fingerprint density at radius 3 is 2.43 bits per heavy atom. The molecule has 4 heteroatoms. The minimum absolute atomic E-state index is 0.756. The van der Waals surface area contributed by atoms with Gasteiger partial charge in [0.05, 0.1) is 11.3 Å². The van der Waals surface area contributed by atoms with Gasteiger partial charge in [-0.15, -0.1) is 0 Å². The van der Waals surface area contributed by atoms with Gasteiger partial charge in [-0.2, -0.15) is 5.26 Å². The first-order valence-corrected chi connectivity index (χ1v) is 7.46. The van der Waals surface area contributed by atoms with E-state index in [1.54, 1.807) is 0 Å². The van der Waals surface area contributed by atoms with E-state index < -0.39 is 0 Å². The number of benzene rings is 1. The second-order valence-corrected chi connectivity index (χ2v) is 5.32. The summed E-state index contributed by atoms with van der Waals surface area (Å²) in [4.78, 5) is 4.76. The molecule has 1 aliphatic heterocycles. The van der Waals surface area contributed by atoms with Crippen LogP contribution in [0.1, 0.15) is 12.5 Å². The molecule has 0 saturated carbocycles. The van der Waals surface area contributed by atoms with Crippen molar-refractivity contribution in [3.8, 4) is 11.8 Å². The molecule has 0 atom stereocenters. The SMILES string of the molecule is CCN1CCN(c2ccc(-n3cccc3)cc2C#N)CC1. The van der Waals surface area contributed by atoms with Crippen molar-refractivity contribution < 1.29 is 0 Å². The van der Waals surface area contributed by atoms with Crippen molar-refractivity contribution in [1.29, 1.82) is 5.26 Å². The fourth-order valence-electron chi connectivity index (χ4n) is 2.86. The van der Waals surface area contributed by atoms with Crippen LogP contribution < -0.4 is 4.90 Å². The maximum atomic E-state index is 9.47. The van der Waals surface area contributed by atoms with Crippen molar-refractivity contribution in [2.75, 3.05) is 37.6 Å². The number of nitriles is 1. The molecule has 0 unspecified atom stereocenters. The van der Waals surface area contributed by atoms with E-state index in [0.29, 0.717) is 0 Å². The fraction of sp³-hybridized carbons (Fsp3) is 0.353. The summed E-state index contributed by atoms with van der Waals surface area (Å²) in [5.41, 5.74) is 2.85. The van der Waals surface area contributed by atoms with Crippen LogP contribution in [0, 0.1) is 11.3 Å². The number of rotatable bonds is 3. The zero-order chi connectivity index (χ0) is 14.7. The number of nitrogens with zero attached hydrogens (tertiary/aromatic N) is 4. The number of aromatic nitrogens is 1. The zero-order valence-corrected chi connectivity index (χ0v) is 12.4. The molecule has 0 N–H and O–H groups in total. The minimum atomic E-state index is 0.756. The zero-order valence-electron chi connectivity index (χ0n) is 12.4. The largest absolute Gasteiger partial charge is 0.368 e. The second-order valence-electron chi connectivity index (χ2n) is 5.32. The van der Waals surface area contributed by atoms with Crippen molar-refractivity contribution in [3.63, 3.8) is 0 Å². The molecule has 1 aromatic heterocycles. The lowest BCUT2D eigenvalue weighted by Crippen LogP contribution is -2.46. The fourth-order valence-corrected chi connectivity index (χ4v) is 2.86. The van der Waals surface area contributed by atoms with Crippen molar-refractivity contribution in [3.05, 3.63) is 48.3 Å². The molecule has 0 bridgehead atoms. The maximum Gasteiger partial charge on any atom is 0.101 e. The molecular weight excluding hydrogens is 260 g/mol. The van der Waals surface area contributed by atoms with Crippen LogP contribution >= 0.6 is 0 Å². The Bertz CT molecular complexity index is 631. The van der Waals surface area contributed by atoms with Gasteiger partial charge in [-0.25, -0.2) is 0 Å². The summed E-state index contributed by atoms with van der Waals surface area (Å²) >= 11 is 0. The average molecular weight is 280 g/mol.